The molecule has 0 fully saturated rings. The second-order valence-corrected chi connectivity index (χ2v) is 5.46. The van der Waals surface area contributed by atoms with E-state index in [0.29, 0.717) is 16.7 Å². The first kappa shape index (κ1) is 15.2. The number of hydrogen-bond acceptors (Lipinski definition) is 2. The van der Waals surface area contributed by atoms with Gasteiger partial charge in [-0.25, -0.2) is 0 Å². The van der Waals surface area contributed by atoms with Crippen molar-refractivity contribution in [2.24, 2.45) is 0 Å². The number of rotatable bonds is 5. The van der Waals surface area contributed by atoms with E-state index in [9.17, 15) is 0 Å². The van der Waals surface area contributed by atoms with Gasteiger partial charge in [0.2, 0.25) is 0 Å². The molecule has 106 valence electrons. The van der Waals surface area contributed by atoms with Crippen LogP contribution in [0.1, 0.15) is 16.7 Å². The molecule has 20 heavy (non-hydrogen) atoms. The third-order valence-corrected chi connectivity index (χ3v) is 3.64. The van der Waals surface area contributed by atoms with Crippen molar-refractivity contribution in [3.63, 3.8) is 0 Å². The first-order valence-corrected chi connectivity index (χ1v) is 7.17. The predicted molar refractivity (Wildman–Crippen MR) is 84.7 cm³/mol. The van der Waals surface area contributed by atoms with Crippen molar-refractivity contribution in [1.82, 2.24) is 5.32 Å². The largest absolute Gasteiger partial charge is 0.488 e. The molecule has 0 aromatic heterocycles. The third-order valence-electron chi connectivity index (χ3n) is 3.04. The Kier molecular flexibility index (Phi) is 5.30. The summed E-state index contributed by atoms with van der Waals surface area (Å²) in [5, 5.41) is 4.47. The number of ether oxygens (including phenoxy) is 1. The molecule has 0 saturated heterocycles. The lowest BCUT2D eigenvalue weighted by Crippen LogP contribution is -2.08. The molecule has 0 amide bonds. The van der Waals surface area contributed by atoms with E-state index in [4.69, 9.17) is 27.9 Å². The van der Waals surface area contributed by atoms with E-state index < -0.39 is 0 Å². The normalized spacial score (nSPS) is 10.6. The molecule has 1 N–H and O–H groups in total. The first-order valence-electron chi connectivity index (χ1n) is 6.41. The molecule has 4 heteroatoms. The summed E-state index contributed by atoms with van der Waals surface area (Å²) in [6, 6.07) is 11.5. The molecule has 0 atom stereocenters. The second-order valence-electron chi connectivity index (χ2n) is 4.62. The van der Waals surface area contributed by atoms with Gasteiger partial charge >= 0.3 is 0 Å². The second kappa shape index (κ2) is 6.98. The van der Waals surface area contributed by atoms with Crippen LogP contribution in [0.3, 0.4) is 0 Å². The van der Waals surface area contributed by atoms with Crippen LogP contribution >= 0.6 is 23.2 Å². The number of halogens is 2. The van der Waals surface area contributed by atoms with E-state index >= 15 is 0 Å². The zero-order valence-corrected chi connectivity index (χ0v) is 13.1. The summed E-state index contributed by atoms with van der Waals surface area (Å²) < 4.78 is 5.96. The molecule has 2 nitrogen and oxygen atoms in total. The van der Waals surface area contributed by atoms with Crippen LogP contribution in [-0.2, 0) is 13.2 Å². The van der Waals surface area contributed by atoms with E-state index in [1.165, 1.54) is 0 Å². The molecular weight excluding hydrogens is 293 g/mol. The van der Waals surface area contributed by atoms with Crippen LogP contribution in [0.15, 0.2) is 36.4 Å². The van der Waals surface area contributed by atoms with Gasteiger partial charge in [-0.1, -0.05) is 41.4 Å². The van der Waals surface area contributed by atoms with E-state index in [-0.39, 0.29) is 0 Å². The van der Waals surface area contributed by atoms with E-state index in [1.54, 1.807) is 12.1 Å². The summed E-state index contributed by atoms with van der Waals surface area (Å²) in [6.07, 6.45) is 0. The lowest BCUT2D eigenvalue weighted by Gasteiger charge is -2.14. The van der Waals surface area contributed by atoms with Crippen molar-refractivity contribution >= 4 is 23.2 Å². The minimum Gasteiger partial charge on any atom is -0.488 e. The fraction of sp³-hybridized carbons (Fsp3) is 0.250. The maximum atomic E-state index is 6.15. The van der Waals surface area contributed by atoms with Crippen molar-refractivity contribution in [3.05, 3.63) is 63.1 Å². The molecule has 0 aliphatic rings. The molecule has 0 aliphatic heterocycles. The third kappa shape index (κ3) is 3.66. The van der Waals surface area contributed by atoms with Crippen LogP contribution in [-0.4, -0.2) is 7.05 Å². The summed E-state index contributed by atoms with van der Waals surface area (Å²) in [4.78, 5) is 0. The Morgan fingerprint density at radius 3 is 2.65 bits per heavy atom. The molecule has 0 unspecified atom stereocenters. The van der Waals surface area contributed by atoms with Crippen LogP contribution in [0.2, 0.25) is 10.0 Å². The minimum absolute atomic E-state index is 0.404. The van der Waals surface area contributed by atoms with Crippen molar-refractivity contribution < 1.29 is 4.74 Å². The van der Waals surface area contributed by atoms with Gasteiger partial charge in [0, 0.05) is 27.7 Å². The predicted octanol–water partition coefficient (Wildman–Crippen LogP) is 4.60. The van der Waals surface area contributed by atoms with Gasteiger partial charge in [-0.05, 0) is 37.7 Å². The number of aryl methyl sites for hydroxylation is 1. The topological polar surface area (TPSA) is 21.3 Å². The Labute approximate surface area is 129 Å². The zero-order chi connectivity index (χ0) is 14.5. The Hall–Kier alpha value is -1.22. The highest BCUT2D eigenvalue weighted by molar-refractivity contribution is 6.33. The van der Waals surface area contributed by atoms with Gasteiger partial charge in [-0.3, -0.25) is 0 Å². The lowest BCUT2D eigenvalue weighted by molar-refractivity contribution is 0.300. The fourth-order valence-electron chi connectivity index (χ4n) is 2.05. The van der Waals surface area contributed by atoms with Crippen molar-refractivity contribution in [2.45, 2.75) is 20.1 Å². The molecule has 0 heterocycles. The molecule has 0 bridgehead atoms. The van der Waals surface area contributed by atoms with Crippen molar-refractivity contribution in [2.75, 3.05) is 7.05 Å². The SMILES string of the molecule is CNCc1cccc(C)c1OCc1cc(Cl)ccc1Cl. The van der Waals surface area contributed by atoms with E-state index in [1.807, 2.05) is 32.2 Å². The summed E-state index contributed by atoms with van der Waals surface area (Å²) in [6.45, 7) is 3.20. The van der Waals surface area contributed by atoms with Crippen LogP contribution in [0.25, 0.3) is 0 Å². The number of hydrogen-bond donors (Lipinski definition) is 1. The minimum atomic E-state index is 0.404. The monoisotopic (exact) mass is 309 g/mol. The molecule has 0 saturated carbocycles. The van der Waals surface area contributed by atoms with E-state index in [2.05, 4.69) is 11.4 Å². The molecular formula is C16H17Cl2NO. The smallest absolute Gasteiger partial charge is 0.127 e. The van der Waals surface area contributed by atoms with E-state index in [0.717, 1.165) is 29.0 Å². The highest BCUT2D eigenvalue weighted by atomic mass is 35.5. The summed E-state index contributed by atoms with van der Waals surface area (Å²) in [7, 11) is 1.92. The highest BCUT2D eigenvalue weighted by Crippen LogP contribution is 2.27. The van der Waals surface area contributed by atoms with Gasteiger partial charge < -0.3 is 10.1 Å². The lowest BCUT2D eigenvalue weighted by atomic mass is 10.1. The van der Waals surface area contributed by atoms with Gasteiger partial charge in [0.15, 0.2) is 0 Å². The Morgan fingerprint density at radius 1 is 1.10 bits per heavy atom. The van der Waals surface area contributed by atoms with Gasteiger partial charge in [0.05, 0.1) is 0 Å². The summed E-state index contributed by atoms with van der Waals surface area (Å²) in [5.74, 6) is 0.901. The maximum absolute atomic E-state index is 6.15. The van der Waals surface area contributed by atoms with Gasteiger partial charge in [0.25, 0.3) is 0 Å². The van der Waals surface area contributed by atoms with Gasteiger partial charge in [-0.2, -0.15) is 0 Å². The average molecular weight is 310 g/mol. The standard InChI is InChI=1S/C16H17Cl2NO/c1-11-4-3-5-12(9-19-2)16(11)20-10-13-8-14(17)6-7-15(13)18/h3-8,19H,9-10H2,1-2H3. The molecule has 0 aliphatic carbocycles. The number of para-hydroxylation sites is 1. The maximum Gasteiger partial charge on any atom is 0.127 e. The Balaban J connectivity index is 2.20. The van der Waals surface area contributed by atoms with Crippen LogP contribution in [0.4, 0.5) is 0 Å². The molecule has 0 radical (unpaired) electrons. The quantitative estimate of drug-likeness (QED) is 0.871. The molecule has 2 aromatic carbocycles. The summed E-state index contributed by atoms with van der Waals surface area (Å²) in [5.41, 5.74) is 3.12. The van der Waals surface area contributed by atoms with Crippen LogP contribution in [0.5, 0.6) is 5.75 Å². The number of benzene rings is 2. The number of nitrogens with one attached hydrogen (secondary N) is 1. The summed E-state index contributed by atoms with van der Waals surface area (Å²) >= 11 is 12.1. The van der Waals surface area contributed by atoms with Crippen LogP contribution < -0.4 is 10.1 Å². The molecule has 2 aromatic rings. The van der Waals surface area contributed by atoms with Crippen molar-refractivity contribution in [1.29, 1.82) is 0 Å². The fourth-order valence-corrected chi connectivity index (χ4v) is 2.42. The molecule has 0 spiro atoms. The van der Waals surface area contributed by atoms with Crippen molar-refractivity contribution in [3.8, 4) is 5.75 Å². The highest BCUT2D eigenvalue weighted by Gasteiger charge is 2.08. The zero-order valence-electron chi connectivity index (χ0n) is 11.5. The average Bonchev–Trinajstić information content (AvgIpc) is 2.42. The Morgan fingerprint density at radius 2 is 1.90 bits per heavy atom. The molecule has 2 rings (SSSR count). The van der Waals surface area contributed by atoms with Gasteiger partial charge in [-0.15, -0.1) is 0 Å². The van der Waals surface area contributed by atoms with Crippen LogP contribution in [0, 0.1) is 6.92 Å². The first-order chi connectivity index (χ1) is 9.61. The van der Waals surface area contributed by atoms with Gasteiger partial charge in [0.1, 0.15) is 12.4 Å². The Bertz CT molecular complexity index is 599.